The number of hydrogen-bond acceptors (Lipinski definition) is 7. The van der Waals surface area contributed by atoms with Gasteiger partial charge in [0.2, 0.25) is 5.95 Å². The SMILES string of the molecule is CNc1nc(OC)nc(OCCOCC(C)C)n1. The number of methoxy groups -OCH3 is 1. The molecule has 0 saturated heterocycles. The lowest BCUT2D eigenvalue weighted by Crippen LogP contribution is -2.12. The molecule has 102 valence electrons. The summed E-state index contributed by atoms with van der Waals surface area (Å²) in [6.45, 7) is 5.80. The minimum atomic E-state index is 0.215. The smallest absolute Gasteiger partial charge is 0.324 e. The number of rotatable bonds is 8. The number of nitrogens with zero attached hydrogens (tertiary/aromatic N) is 3. The topological polar surface area (TPSA) is 78.4 Å². The van der Waals surface area contributed by atoms with Crippen molar-refractivity contribution in [1.82, 2.24) is 15.0 Å². The number of ether oxygens (including phenoxy) is 3. The summed E-state index contributed by atoms with van der Waals surface area (Å²) in [6, 6.07) is 0.437. The molecule has 1 rings (SSSR count). The number of anilines is 1. The largest absolute Gasteiger partial charge is 0.467 e. The molecule has 0 atom stereocenters. The third-order valence-corrected chi connectivity index (χ3v) is 1.91. The van der Waals surface area contributed by atoms with Gasteiger partial charge in [-0.25, -0.2) is 0 Å². The van der Waals surface area contributed by atoms with Gasteiger partial charge in [0.25, 0.3) is 0 Å². The summed E-state index contributed by atoms with van der Waals surface area (Å²) in [5.74, 6) is 0.915. The maximum atomic E-state index is 5.39. The van der Waals surface area contributed by atoms with Crippen molar-refractivity contribution in [2.45, 2.75) is 13.8 Å². The lowest BCUT2D eigenvalue weighted by molar-refractivity contribution is 0.0789. The van der Waals surface area contributed by atoms with Crippen LogP contribution in [0, 0.1) is 5.92 Å². The Morgan fingerprint density at radius 3 is 2.44 bits per heavy atom. The fourth-order valence-corrected chi connectivity index (χ4v) is 1.12. The van der Waals surface area contributed by atoms with Crippen LogP contribution in [0.15, 0.2) is 0 Å². The van der Waals surface area contributed by atoms with E-state index < -0.39 is 0 Å². The van der Waals surface area contributed by atoms with Crippen molar-refractivity contribution < 1.29 is 14.2 Å². The van der Waals surface area contributed by atoms with Crippen molar-refractivity contribution in [3.05, 3.63) is 0 Å². The van der Waals surface area contributed by atoms with Crippen LogP contribution in [0.2, 0.25) is 0 Å². The highest BCUT2D eigenvalue weighted by Crippen LogP contribution is 2.11. The number of nitrogens with one attached hydrogen (secondary N) is 1. The van der Waals surface area contributed by atoms with Gasteiger partial charge in [0.05, 0.1) is 13.7 Å². The van der Waals surface area contributed by atoms with E-state index in [1.807, 2.05) is 0 Å². The van der Waals surface area contributed by atoms with Crippen molar-refractivity contribution in [1.29, 1.82) is 0 Å². The molecule has 0 aliphatic carbocycles. The predicted octanol–water partition coefficient (Wildman–Crippen LogP) is 0.973. The van der Waals surface area contributed by atoms with Crippen molar-refractivity contribution >= 4 is 5.95 Å². The van der Waals surface area contributed by atoms with E-state index in [0.717, 1.165) is 0 Å². The summed E-state index contributed by atoms with van der Waals surface area (Å²) in [7, 11) is 3.20. The summed E-state index contributed by atoms with van der Waals surface area (Å²) in [6.07, 6.45) is 0. The van der Waals surface area contributed by atoms with Crippen LogP contribution in [0.3, 0.4) is 0 Å². The lowest BCUT2D eigenvalue weighted by Gasteiger charge is -2.08. The van der Waals surface area contributed by atoms with E-state index in [1.54, 1.807) is 7.05 Å². The monoisotopic (exact) mass is 256 g/mol. The van der Waals surface area contributed by atoms with Gasteiger partial charge >= 0.3 is 12.0 Å². The third kappa shape index (κ3) is 5.13. The second-order valence-corrected chi connectivity index (χ2v) is 4.00. The van der Waals surface area contributed by atoms with Gasteiger partial charge in [0.15, 0.2) is 0 Å². The van der Waals surface area contributed by atoms with Crippen LogP contribution in [0.5, 0.6) is 12.0 Å². The van der Waals surface area contributed by atoms with Gasteiger partial charge < -0.3 is 19.5 Å². The Bertz CT molecular complexity index is 338. The highest BCUT2D eigenvalue weighted by atomic mass is 16.5. The molecule has 1 heterocycles. The van der Waals surface area contributed by atoms with Gasteiger partial charge in [0, 0.05) is 13.7 Å². The predicted molar refractivity (Wildman–Crippen MR) is 67.1 cm³/mol. The van der Waals surface area contributed by atoms with E-state index in [-0.39, 0.29) is 12.0 Å². The molecule has 0 fully saturated rings. The van der Waals surface area contributed by atoms with E-state index in [2.05, 4.69) is 34.1 Å². The van der Waals surface area contributed by atoms with Gasteiger partial charge in [0.1, 0.15) is 6.61 Å². The van der Waals surface area contributed by atoms with Crippen LogP contribution in [-0.4, -0.2) is 48.9 Å². The minimum absolute atomic E-state index is 0.215. The quantitative estimate of drug-likeness (QED) is 0.694. The van der Waals surface area contributed by atoms with Crippen LogP contribution in [0.1, 0.15) is 13.8 Å². The standard InChI is InChI=1S/C11H20N4O3/c1-8(2)7-17-5-6-18-11-14-9(12-3)13-10(15-11)16-4/h8H,5-7H2,1-4H3,(H,12,13,14,15). The van der Waals surface area contributed by atoms with E-state index in [9.17, 15) is 0 Å². The molecule has 7 heteroatoms. The molecule has 0 radical (unpaired) electrons. The molecule has 1 N–H and O–H groups in total. The van der Waals surface area contributed by atoms with Gasteiger partial charge in [-0.3, -0.25) is 0 Å². The van der Waals surface area contributed by atoms with E-state index in [1.165, 1.54) is 7.11 Å². The summed E-state index contributed by atoms with van der Waals surface area (Å²) < 4.78 is 15.7. The zero-order chi connectivity index (χ0) is 13.4. The van der Waals surface area contributed by atoms with Crippen molar-refractivity contribution in [2.24, 2.45) is 5.92 Å². The van der Waals surface area contributed by atoms with Gasteiger partial charge in [-0.1, -0.05) is 13.8 Å². The fraction of sp³-hybridized carbons (Fsp3) is 0.727. The molecule has 0 aliphatic rings. The highest BCUT2D eigenvalue weighted by molar-refractivity contribution is 5.26. The van der Waals surface area contributed by atoms with Crippen LogP contribution in [-0.2, 0) is 4.74 Å². The average Bonchev–Trinajstić information content (AvgIpc) is 2.37. The summed E-state index contributed by atoms with van der Waals surface area (Å²) >= 11 is 0. The molecule has 1 aromatic heterocycles. The zero-order valence-corrected chi connectivity index (χ0v) is 11.3. The Morgan fingerprint density at radius 1 is 1.11 bits per heavy atom. The number of hydrogen-bond donors (Lipinski definition) is 1. The molecule has 7 nitrogen and oxygen atoms in total. The van der Waals surface area contributed by atoms with Crippen molar-refractivity contribution in [3.63, 3.8) is 0 Å². The van der Waals surface area contributed by atoms with Gasteiger partial charge in [-0.05, 0) is 5.92 Å². The van der Waals surface area contributed by atoms with E-state index in [0.29, 0.717) is 31.7 Å². The molecule has 0 amide bonds. The van der Waals surface area contributed by atoms with E-state index in [4.69, 9.17) is 14.2 Å². The van der Waals surface area contributed by atoms with Crippen LogP contribution in [0.4, 0.5) is 5.95 Å². The Morgan fingerprint density at radius 2 is 1.83 bits per heavy atom. The average molecular weight is 256 g/mol. The molecule has 0 spiro atoms. The Balaban J connectivity index is 2.41. The maximum absolute atomic E-state index is 5.39. The zero-order valence-electron chi connectivity index (χ0n) is 11.3. The lowest BCUT2D eigenvalue weighted by atomic mass is 10.2. The van der Waals surface area contributed by atoms with E-state index >= 15 is 0 Å². The molecule has 0 aromatic carbocycles. The second-order valence-electron chi connectivity index (χ2n) is 4.00. The van der Waals surface area contributed by atoms with Crippen LogP contribution >= 0.6 is 0 Å². The molecule has 0 bridgehead atoms. The first-order valence-electron chi connectivity index (χ1n) is 5.84. The highest BCUT2D eigenvalue weighted by Gasteiger charge is 2.06. The van der Waals surface area contributed by atoms with Crippen molar-refractivity contribution in [3.8, 4) is 12.0 Å². The fourth-order valence-electron chi connectivity index (χ4n) is 1.12. The van der Waals surface area contributed by atoms with Gasteiger partial charge in [-0.2, -0.15) is 9.97 Å². The van der Waals surface area contributed by atoms with Crippen LogP contribution in [0.25, 0.3) is 0 Å². The van der Waals surface area contributed by atoms with Gasteiger partial charge in [-0.15, -0.1) is 4.98 Å². The first-order chi connectivity index (χ1) is 8.65. The normalized spacial score (nSPS) is 10.5. The second kappa shape index (κ2) is 7.65. The molecule has 0 saturated carbocycles. The Hall–Kier alpha value is -1.63. The molecule has 0 aliphatic heterocycles. The summed E-state index contributed by atoms with van der Waals surface area (Å²) in [5.41, 5.74) is 0. The minimum Gasteiger partial charge on any atom is -0.467 e. The van der Waals surface area contributed by atoms with Crippen molar-refractivity contribution in [2.75, 3.05) is 39.3 Å². The Labute approximate surface area is 107 Å². The first kappa shape index (κ1) is 14.4. The summed E-state index contributed by atoms with van der Waals surface area (Å²) in [4.78, 5) is 12.0. The molecule has 0 unspecified atom stereocenters. The first-order valence-corrected chi connectivity index (χ1v) is 5.84. The molecule has 18 heavy (non-hydrogen) atoms. The third-order valence-electron chi connectivity index (χ3n) is 1.91. The molecular weight excluding hydrogens is 236 g/mol. The maximum Gasteiger partial charge on any atom is 0.324 e. The molecule has 1 aromatic rings. The Kier molecular flexibility index (Phi) is 6.13. The summed E-state index contributed by atoms with van der Waals surface area (Å²) in [5, 5.41) is 2.81. The number of aromatic nitrogens is 3. The molecular formula is C11H20N4O3. The van der Waals surface area contributed by atoms with Crippen LogP contribution < -0.4 is 14.8 Å².